The molecule has 0 radical (unpaired) electrons. The van der Waals surface area contributed by atoms with Crippen LogP contribution in [0.4, 0.5) is 4.79 Å². The van der Waals surface area contributed by atoms with Gasteiger partial charge in [-0.1, -0.05) is 12.1 Å². The number of morpholine rings is 1. The van der Waals surface area contributed by atoms with Crippen molar-refractivity contribution in [3.8, 4) is 0 Å². The van der Waals surface area contributed by atoms with Crippen molar-refractivity contribution in [2.24, 2.45) is 5.92 Å². The number of fused-ring (bicyclic) bond motifs is 1. The topological polar surface area (TPSA) is 103 Å². The predicted octanol–water partition coefficient (Wildman–Crippen LogP) is 0.488. The Hall–Kier alpha value is -2.53. The Morgan fingerprint density at radius 3 is 2.65 bits per heavy atom. The maximum Gasteiger partial charge on any atom is 0.317 e. The van der Waals surface area contributed by atoms with Gasteiger partial charge in [-0.3, -0.25) is 14.6 Å². The molecular weight excluding hydrogens is 436 g/mol. The van der Waals surface area contributed by atoms with Crippen molar-refractivity contribution in [3.63, 3.8) is 0 Å². The van der Waals surface area contributed by atoms with Crippen LogP contribution in [0.15, 0.2) is 29.1 Å². The Balaban J connectivity index is 1.12. The number of carbonyl (C=O) groups is 1. The van der Waals surface area contributed by atoms with Crippen molar-refractivity contribution in [2.75, 3.05) is 72.2 Å². The van der Waals surface area contributed by atoms with Crippen LogP contribution in [0.2, 0.25) is 0 Å². The van der Waals surface area contributed by atoms with Crippen molar-refractivity contribution in [1.82, 2.24) is 30.0 Å². The Labute approximate surface area is 199 Å². The zero-order valence-electron chi connectivity index (χ0n) is 19.6. The van der Waals surface area contributed by atoms with Crippen LogP contribution in [-0.4, -0.2) is 109 Å². The highest BCUT2D eigenvalue weighted by Crippen LogP contribution is 2.22. The number of para-hydroxylation sites is 1. The monoisotopic (exact) mass is 470 g/mol. The van der Waals surface area contributed by atoms with Crippen molar-refractivity contribution in [2.45, 2.75) is 19.0 Å². The predicted molar refractivity (Wildman–Crippen MR) is 128 cm³/mol. The van der Waals surface area contributed by atoms with Crippen LogP contribution in [0.25, 0.3) is 10.9 Å². The highest BCUT2D eigenvalue weighted by molar-refractivity contribution is 5.77. The van der Waals surface area contributed by atoms with Gasteiger partial charge in [0.15, 0.2) is 0 Å². The van der Waals surface area contributed by atoms with E-state index in [2.05, 4.69) is 25.1 Å². The Morgan fingerprint density at radius 2 is 1.88 bits per heavy atom. The third kappa shape index (κ3) is 5.41. The number of carbonyl (C=O) groups excluding carboxylic acids is 1. The Kier molecular flexibility index (Phi) is 7.39. The summed E-state index contributed by atoms with van der Waals surface area (Å²) in [6.07, 6.45) is 1.04. The molecule has 0 aliphatic carbocycles. The highest BCUT2D eigenvalue weighted by atomic mass is 16.5. The number of nitrogens with one attached hydrogen (secondary N) is 2. The van der Waals surface area contributed by atoms with Crippen LogP contribution >= 0.6 is 0 Å². The van der Waals surface area contributed by atoms with E-state index in [9.17, 15) is 9.59 Å². The van der Waals surface area contributed by atoms with Gasteiger partial charge in [0.05, 0.1) is 37.3 Å². The van der Waals surface area contributed by atoms with E-state index >= 15 is 0 Å². The average Bonchev–Trinajstić information content (AvgIpc) is 3.40. The molecule has 1 aromatic carbocycles. The van der Waals surface area contributed by atoms with Crippen molar-refractivity contribution in [1.29, 1.82) is 0 Å². The van der Waals surface area contributed by atoms with E-state index < -0.39 is 0 Å². The van der Waals surface area contributed by atoms with E-state index in [1.807, 2.05) is 23.1 Å². The fourth-order valence-electron chi connectivity index (χ4n) is 5.19. The highest BCUT2D eigenvalue weighted by Gasteiger charge is 2.32. The number of nitrogens with zero attached hydrogens (tertiary/aromatic N) is 4. The summed E-state index contributed by atoms with van der Waals surface area (Å²) in [6.45, 7) is 8.86. The van der Waals surface area contributed by atoms with E-state index in [1.54, 1.807) is 6.07 Å². The number of benzene rings is 1. The largest absolute Gasteiger partial charge is 0.381 e. The number of urea groups is 1. The summed E-state index contributed by atoms with van der Waals surface area (Å²) >= 11 is 0. The van der Waals surface area contributed by atoms with Gasteiger partial charge < -0.3 is 24.7 Å². The summed E-state index contributed by atoms with van der Waals surface area (Å²) in [7, 11) is 0. The summed E-state index contributed by atoms with van der Waals surface area (Å²) in [5, 5.41) is 3.79. The minimum absolute atomic E-state index is 0.00550. The second-order valence-electron chi connectivity index (χ2n) is 9.32. The lowest BCUT2D eigenvalue weighted by Gasteiger charge is -2.38. The lowest BCUT2D eigenvalue weighted by molar-refractivity contribution is 0.00174. The molecule has 10 nitrogen and oxygen atoms in total. The van der Waals surface area contributed by atoms with E-state index in [-0.39, 0.29) is 17.6 Å². The van der Waals surface area contributed by atoms with Crippen LogP contribution in [0.3, 0.4) is 0 Å². The zero-order chi connectivity index (χ0) is 23.3. The standard InChI is InChI=1S/C24H34N6O4/c31-23-19-3-1-2-4-20(19)26-22(27-23)16-28-6-8-30(9-7-28)24(32)25-15-21(18-5-12-34-17-18)29-10-13-33-14-11-29/h1-4,18,21H,5-17H2,(H,25,32)(H,26,27,31). The lowest BCUT2D eigenvalue weighted by Crippen LogP contribution is -2.56. The minimum Gasteiger partial charge on any atom is -0.381 e. The number of piperazine rings is 1. The lowest BCUT2D eigenvalue weighted by atomic mass is 9.97. The van der Waals surface area contributed by atoms with E-state index in [1.165, 1.54) is 0 Å². The molecule has 0 bridgehead atoms. The number of H-pyrrole nitrogens is 1. The molecule has 3 saturated heterocycles. The molecule has 3 fully saturated rings. The van der Waals surface area contributed by atoms with Crippen LogP contribution < -0.4 is 10.9 Å². The molecule has 1 aromatic heterocycles. The average molecular weight is 471 g/mol. The third-order valence-electron chi connectivity index (χ3n) is 7.18. The summed E-state index contributed by atoms with van der Waals surface area (Å²) in [4.78, 5) is 39.3. The molecule has 2 amide bonds. The van der Waals surface area contributed by atoms with Crippen LogP contribution in [-0.2, 0) is 16.0 Å². The van der Waals surface area contributed by atoms with Crippen molar-refractivity contribution < 1.29 is 14.3 Å². The summed E-state index contributed by atoms with van der Waals surface area (Å²) < 4.78 is 11.1. The van der Waals surface area contributed by atoms with Gasteiger partial charge >= 0.3 is 6.03 Å². The molecule has 4 heterocycles. The molecule has 0 spiro atoms. The van der Waals surface area contributed by atoms with Crippen LogP contribution in [0, 0.1) is 5.92 Å². The molecule has 184 valence electrons. The summed E-state index contributed by atoms with van der Waals surface area (Å²) in [6, 6.07) is 7.65. The quantitative estimate of drug-likeness (QED) is 0.633. The first kappa shape index (κ1) is 23.2. The number of amides is 2. The van der Waals surface area contributed by atoms with Gasteiger partial charge in [0.2, 0.25) is 0 Å². The molecule has 0 saturated carbocycles. The van der Waals surface area contributed by atoms with Gasteiger partial charge in [-0.2, -0.15) is 0 Å². The molecule has 10 heteroatoms. The molecular formula is C24H34N6O4. The van der Waals surface area contributed by atoms with Gasteiger partial charge in [-0.25, -0.2) is 9.78 Å². The summed E-state index contributed by atoms with van der Waals surface area (Å²) in [5.41, 5.74) is 0.600. The Morgan fingerprint density at radius 1 is 1.09 bits per heavy atom. The molecule has 3 aliphatic heterocycles. The number of hydrogen-bond donors (Lipinski definition) is 2. The molecule has 2 atom stereocenters. The van der Waals surface area contributed by atoms with E-state index in [4.69, 9.17) is 9.47 Å². The van der Waals surface area contributed by atoms with Crippen molar-refractivity contribution >= 4 is 16.9 Å². The van der Waals surface area contributed by atoms with Crippen LogP contribution in [0.5, 0.6) is 0 Å². The smallest absolute Gasteiger partial charge is 0.317 e. The first-order valence-electron chi connectivity index (χ1n) is 12.3. The minimum atomic E-state index is -0.110. The molecule has 2 N–H and O–H groups in total. The van der Waals surface area contributed by atoms with Gasteiger partial charge in [0.1, 0.15) is 5.82 Å². The second kappa shape index (κ2) is 10.8. The zero-order valence-corrected chi connectivity index (χ0v) is 19.6. The molecule has 2 aromatic rings. The fraction of sp³-hybridized carbons (Fsp3) is 0.625. The van der Waals surface area contributed by atoms with Gasteiger partial charge in [-0.15, -0.1) is 0 Å². The Bertz CT molecular complexity index is 1030. The van der Waals surface area contributed by atoms with Crippen molar-refractivity contribution in [3.05, 3.63) is 40.4 Å². The van der Waals surface area contributed by atoms with Crippen LogP contribution in [0.1, 0.15) is 12.2 Å². The summed E-state index contributed by atoms with van der Waals surface area (Å²) in [5.74, 6) is 1.11. The maximum absolute atomic E-state index is 12.9. The molecule has 2 unspecified atom stereocenters. The van der Waals surface area contributed by atoms with Gasteiger partial charge in [0, 0.05) is 64.4 Å². The SMILES string of the molecule is O=C(NCC(C1CCOC1)N1CCOCC1)N1CCN(Cc2nc3ccccc3c(=O)[nH]2)CC1. The molecule has 34 heavy (non-hydrogen) atoms. The van der Waals surface area contributed by atoms with Gasteiger partial charge in [0.25, 0.3) is 5.56 Å². The number of ether oxygens (including phenoxy) is 2. The molecule has 5 rings (SSSR count). The number of aromatic nitrogens is 2. The number of hydrogen-bond acceptors (Lipinski definition) is 7. The van der Waals surface area contributed by atoms with Gasteiger partial charge in [-0.05, 0) is 18.6 Å². The first-order valence-corrected chi connectivity index (χ1v) is 12.3. The normalized spacial score (nSPS) is 23.3. The second-order valence-corrected chi connectivity index (χ2v) is 9.32. The first-order chi connectivity index (χ1) is 16.7. The maximum atomic E-state index is 12.9. The third-order valence-corrected chi connectivity index (χ3v) is 7.18. The fourth-order valence-corrected chi connectivity index (χ4v) is 5.19. The molecule has 3 aliphatic rings. The van der Waals surface area contributed by atoms with E-state index in [0.717, 1.165) is 59.0 Å². The number of rotatable bonds is 6. The van der Waals surface area contributed by atoms with E-state index in [0.29, 0.717) is 48.8 Å². The number of aromatic amines is 1.